The van der Waals surface area contributed by atoms with Crippen molar-refractivity contribution in [2.24, 2.45) is 0 Å². The van der Waals surface area contributed by atoms with E-state index < -0.39 is 6.10 Å². The molecule has 1 unspecified atom stereocenters. The number of aliphatic hydroxyl groups is 1. The standard InChI is InChI=1S/C17H20N2O2/c1-10-7-13(16(18)19-9-10)14(20)12-6-4-5-11-8-17(2,3)21-15(11)12/h4-7,9,14,20H,8H2,1-3H3,(H2,18,19). The summed E-state index contributed by atoms with van der Waals surface area (Å²) in [6.07, 6.45) is 1.70. The molecule has 0 saturated heterocycles. The normalized spacial score (nSPS) is 17.1. The summed E-state index contributed by atoms with van der Waals surface area (Å²) in [5.74, 6) is 1.12. The maximum Gasteiger partial charge on any atom is 0.129 e. The molecule has 0 bridgehead atoms. The molecule has 1 atom stereocenters. The Kier molecular flexibility index (Phi) is 3.14. The predicted octanol–water partition coefficient (Wildman–Crippen LogP) is 2.77. The predicted molar refractivity (Wildman–Crippen MR) is 82.3 cm³/mol. The van der Waals surface area contributed by atoms with E-state index in [1.165, 1.54) is 0 Å². The quantitative estimate of drug-likeness (QED) is 0.889. The van der Waals surface area contributed by atoms with Gasteiger partial charge in [0.15, 0.2) is 0 Å². The van der Waals surface area contributed by atoms with E-state index in [0.717, 1.165) is 28.9 Å². The van der Waals surface area contributed by atoms with Crippen LogP contribution in [0.4, 0.5) is 5.82 Å². The molecule has 110 valence electrons. The fraction of sp³-hybridized carbons (Fsp3) is 0.353. The number of para-hydroxylation sites is 1. The van der Waals surface area contributed by atoms with E-state index in [-0.39, 0.29) is 5.60 Å². The van der Waals surface area contributed by atoms with Crippen LogP contribution in [0.5, 0.6) is 5.75 Å². The molecular weight excluding hydrogens is 264 g/mol. The molecule has 1 aromatic carbocycles. The highest BCUT2D eigenvalue weighted by Crippen LogP contribution is 2.42. The van der Waals surface area contributed by atoms with Gasteiger partial charge >= 0.3 is 0 Å². The maximum absolute atomic E-state index is 10.7. The lowest BCUT2D eigenvalue weighted by atomic mass is 9.96. The van der Waals surface area contributed by atoms with Gasteiger partial charge in [-0.2, -0.15) is 0 Å². The third-order valence-electron chi connectivity index (χ3n) is 3.80. The zero-order valence-electron chi connectivity index (χ0n) is 12.6. The molecule has 2 heterocycles. The Labute approximate surface area is 124 Å². The molecule has 0 amide bonds. The Hall–Kier alpha value is -2.07. The molecule has 3 rings (SSSR count). The molecule has 3 N–H and O–H groups in total. The molecule has 0 radical (unpaired) electrons. The van der Waals surface area contributed by atoms with E-state index in [4.69, 9.17) is 10.5 Å². The highest BCUT2D eigenvalue weighted by Gasteiger charge is 2.33. The van der Waals surface area contributed by atoms with Crippen LogP contribution in [0.15, 0.2) is 30.5 Å². The SMILES string of the molecule is Cc1cnc(N)c(C(O)c2cccc3c2OC(C)(C)C3)c1. The Bertz CT molecular complexity index is 695. The van der Waals surface area contributed by atoms with Gasteiger partial charge in [0, 0.05) is 23.7 Å². The van der Waals surface area contributed by atoms with Crippen LogP contribution in [0.3, 0.4) is 0 Å². The number of nitrogen functional groups attached to an aromatic ring is 1. The summed E-state index contributed by atoms with van der Waals surface area (Å²) in [5.41, 5.74) is 9.13. The minimum absolute atomic E-state index is 0.242. The molecule has 21 heavy (non-hydrogen) atoms. The van der Waals surface area contributed by atoms with Gasteiger partial charge in [0.1, 0.15) is 23.3 Å². The Morgan fingerprint density at radius 3 is 2.86 bits per heavy atom. The number of hydrogen-bond donors (Lipinski definition) is 2. The first-order valence-electron chi connectivity index (χ1n) is 7.08. The van der Waals surface area contributed by atoms with E-state index in [9.17, 15) is 5.11 Å². The van der Waals surface area contributed by atoms with Gasteiger partial charge in [-0.1, -0.05) is 18.2 Å². The lowest BCUT2D eigenvalue weighted by molar-refractivity contribution is 0.131. The van der Waals surface area contributed by atoms with Crippen LogP contribution in [-0.4, -0.2) is 15.7 Å². The van der Waals surface area contributed by atoms with E-state index in [2.05, 4.69) is 4.98 Å². The molecule has 2 aromatic rings. The maximum atomic E-state index is 10.7. The Morgan fingerprint density at radius 1 is 1.33 bits per heavy atom. The number of hydrogen-bond acceptors (Lipinski definition) is 4. The largest absolute Gasteiger partial charge is 0.487 e. The molecule has 1 aliphatic rings. The van der Waals surface area contributed by atoms with Crippen molar-refractivity contribution in [2.45, 2.75) is 38.9 Å². The second-order valence-electron chi connectivity index (χ2n) is 6.26. The van der Waals surface area contributed by atoms with Crippen molar-refractivity contribution < 1.29 is 9.84 Å². The van der Waals surface area contributed by atoms with Gasteiger partial charge < -0.3 is 15.6 Å². The number of anilines is 1. The monoisotopic (exact) mass is 284 g/mol. The first-order valence-corrected chi connectivity index (χ1v) is 7.08. The van der Waals surface area contributed by atoms with Crippen LogP contribution < -0.4 is 10.5 Å². The van der Waals surface area contributed by atoms with Crippen LogP contribution in [0.25, 0.3) is 0 Å². The van der Waals surface area contributed by atoms with Crippen LogP contribution in [0.1, 0.15) is 42.2 Å². The van der Waals surface area contributed by atoms with Gasteiger partial charge in [-0.25, -0.2) is 4.98 Å². The lowest BCUT2D eigenvalue weighted by Crippen LogP contribution is -2.25. The number of nitrogens with zero attached hydrogens (tertiary/aromatic N) is 1. The molecule has 4 nitrogen and oxygen atoms in total. The zero-order chi connectivity index (χ0) is 15.2. The minimum atomic E-state index is -0.832. The van der Waals surface area contributed by atoms with Crippen molar-refractivity contribution in [1.82, 2.24) is 4.98 Å². The highest BCUT2D eigenvalue weighted by molar-refractivity contribution is 5.53. The Balaban J connectivity index is 2.06. The smallest absolute Gasteiger partial charge is 0.129 e. The summed E-state index contributed by atoms with van der Waals surface area (Å²) in [6.45, 7) is 6.02. The van der Waals surface area contributed by atoms with Crippen molar-refractivity contribution in [3.8, 4) is 5.75 Å². The number of benzene rings is 1. The van der Waals surface area contributed by atoms with Gasteiger partial charge in [-0.05, 0) is 38.0 Å². The number of fused-ring (bicyclic) bond motifs is 1. The minimum Gasteiger partial charge on any atom is -0.487 e. The molecule has 1 aliphatic heterocycles. The summed E-state index contributed by atoms with van der Waals surface area (Å²) in [6, 6.07) is 7.73. The van der Waals surface area contributed by atoms with Gasteiger partial charge in [0.25, 0.3) is 0 Å². The summed E-state index contributed by atoms with van der Waals surface area (Å²) < 4.78 is 6.02. The van der Waals surface area contributed by atoms with Crippen LogP contribution in [-0.2, 0) is 6.42 Å². The summed E-state index contributed by atoms with van der Waals surface area (Å²) >= 11 is 0. The number of aromatic nitrogens is 1. The summed E-state index contributed by atoms with van der Waals surface area (Å²) in [4.78, 5) is 4.12. The number of aliphatic hydroxyl groups excluding tert-OH is 1. The van der Waals surface area contributed by atoms with Crippen molar-refractivity contribution in [3.05, 3.63) is 52.7 Å². The van der Waals surface area contributed by atoms with Crippen LogP contribution in [0.2, 0.25) is 0 Å². The second kappa shape index (κ2) is 4.74. The zero-order valence-corrected chi connectivity index (χ0v) is 12.6. The topological polar surface area (TPSA) is 68.4 Å². The fourth-order valence-electron chi connectivity index (χ4n) is 2.84. The summed E-state index contributed by atoms with van der Waals surface area (Å²) in [5, 5.41) is 10.7. The molecule has 0 fully saturated rings. The average Bonchev–Trinajstić information content (AvgIpc) is 2.74. The van der Waals surface area contributed by atoms with E-state index in [0.29, 0.717) is 11.4 Å². The molecule has 0 spiro atoms. The van der Waals surface area contributed by atoms with E-state index in [1.54, 1.807) is 6.20 Å². The number of nitrogens with two attached hydrogens (primary N) is 1. The molecular formula is C17H20N2O2. The molecule has 0 saturated carbocycles. The first-order chi connectivity index (χ1) is 9.87. The molecule has 0 aliphatic carbocycles. The van der Waals surface area contributed by atoms with Crippen molar-refractivity contribution in [3.63, 3.8) is 0 Å². The van der Waals surface area contributed by atoms with Crippen LogP contribution in [0, 0.1) is 6.92 Å². The highest BCUT2D eigenvalue weighted by atomic mass is 16.5. The summed E-state index contributed by atoms with van der Waals surface area (Å²) in [7, 11) is 0. The van der Waals surface area contributed by atoms with Gasteiger partial charge in [-0.15, -0.1) is 0 Å². The number of rotatable bonds is 2. The van der Waals surface area contributed by atoms with Gasteiger partial charge in [0.2, 0.25) is 0 Å². The fourth-order valence-corrected chi connectivity index (χ4v) is 2.84. The average molecular weight is 284 g/mol. The van der Waals surface area contributed by atoms with Gasteiger partial charge in [-0.3, -0.25) is 0 Å². The van der Waals surface area contributed by atoms with Crippen molar-refractivity contribution in [1.29, 1.82) is 0 Å². The van der Waals surface area contributed by atoms with Crippen molar-refractivity contribution in [2.75, 3.05) is 5.73 Å². The second-order valence-corrected chi connectivity index (χ2v) is 6.26. The Morgan fingerprint density at radius 2 is 2.10 bits per heavy atom. The molecule has 4 heteroatoms. The number of aryl methyl sites for hydroxylation is 1. The third kappa shape index (κ3) is 2.47. The van der Waals surface area contributed by atoms with Gasteiger partial charge in [0.05, 0.1) is 0 Å². The number of ether oxygens (including phenoxy) is 1. The number of pyridine rings is 1. The molecule has 1 aromatic heterocycles. The lowest BCUT2D eigenvalue weighted by Gasteiger charge is -2.20. The first kappa shape index (κ1) is 13.9. The van der Waals surface area contributed by atoms with E-state index >= 15 is 0 Å². The third-order valence-corrected chi connectivity index (χ3v) is 3.80. The van der Waals surface area contributed by atoms with Crippen molar-refractivity contribution >= 4 is 5.82 Å². The van der Waals surface area contributed by atoms with Crippen LogP contribution >= 0.6 is 0 Å². The van der Waals surface area contributed by atoms with E-state index in [1.807, 2.05) is 45.0 Å².